The van der Waals surface area contributed by atoms with Crippen molar-refractivity contribution in [1.29, 1.82) is 0 Å². The van der Waals surface area contributed by atoms with Crippen molar-refractivity contribution in [2.45, 2.75) is 50.9 Å². The highest BCUT2D eigenvalue weighted by Gasteiger charge is 2.20. The molecule has 0 unspecified atom stereocenters. The Morgan fingerprint density at radius 2 is 1.92 bits per heavy atom. The van der Waals surface area contributed by atoms with Gasteiger partial charge in [-0.15, -0.1) is 11.3 Å². The van der Waals surface area contributed by atoms with Gasteiger partial charge >= 0.3 is 0 Å². The third-order valence-corrected chi connectivity index (χ3v) is 6.67. The number of pyridine rings is 1. The molecule has 0 atom stereocenters. The summed E-state index contributed by atoms with van der Waals surface area (Å²) in [4.78, 5) is 15.4. The van der Waals surface area contributed by atoms with Crippen LogP contribution in [0.2, 0.25) is 0 Å². The second-order valence-electron chi connectivity index (χ2n) is 7.41. The highest BCUT2D eigenvalue weighted by molar-refractivity contribution is 7.14. The molecule has 25 heavy (non-hydrogen) atoms. The minimum Gasteiger partial charge on any atom is -0.348 e. The minimum absolute atomic E-state index is 0.684. The van der Waals surface area contributed by atoms with E-state index in [1.54, 1.807) is 11.3 Å². The van der Waals surface area contributed by atoms with E-state index >= 15 is 0 Å². The van der Waals surface area contributed by atoms with Crippen molar-refractivity contribution >= 4 is 27.5 Å². The first-order chi connectivity index (χ1) is 12.4. The molecule has 0 amide bonds. The van der Waals surface area contributed by atoms with Crippen LogP contribution in [0.4, 0.5) is 5.13 Å². The summed E-state index contributed by atoms with van der Waals surface area (Å²) < 4.78 is 0. The maximum absolute atomic E-state index is 4.92. The second-order valence-corrected chi connectivity index (χ2v) is 8.25. The van der Waals surface area contributed by atoms with Crippen LogP contribution in [-0.2, 0) is 0 Å². The smallest absolute Gasteiger partial charge is 0.185 e. The number of fused-ring (bicyclic) bond motifs is 1. The minimum atomic E-state index is 0.684. The molecule has 1 aliphatic carbocycles. The zero-order valence-electron chi connectivity index (χ0n) is 14.5. The number of rotatable bonds is 3. The normalized spacial score (nSPS) is 19.1. The summed E-state index contributed by atoms with van der Waals surface area (Å²) >= 11 is 1.77. The fraction of sp³-hybridized carbons (Fsp3) is 0.500. The first kappa shape index (κ1) is 15.4. The van der Waals surface area contributed by atoms with Gasteiger partial charge in [-0.05, 0) is 43.2 Å². The SMILES string of the molecule is c1nc2[nH]cc(-c3csc(N4CCCC4)n3)c2cc1C1CCCCC1. The van der Waals surface area contributed by atoms with Gasteiger partial charge in [0, 0.05) is 41.8 Å². The van der Waals surface area contributed by atoms with Gasteiger partial charge in [-0.2, -0.15) is 0 Å². The number of hydrogen-bond acceptors (Lipinski definition) is 4. The number of aromatic amines is 1. The summed E-state index contributed by atoms with van der Waals surface area (Å²) in [6, 6.07) is 2.36. The fourth-order valence-electron chi connectivity index (χ4n) is 4.33. The fourth-order valence-corrected chi connectivity index (χ4v) is 5.21. The van der Waals surface area contributed by atoms with E-state index in [1.165, 1.54) is 66.6 Å². The van der Waals surface area contributed by atoms with E-state index in [9.17, 15) is 0 Å². The standard InChI is InChI=1S/C20H24N4S/c1-2-6-14(7-3-1)15-10-16-17(12-22-19(16)21-11-15)18-13-25-20(23-18)24-8-4-5-9-24/h10-14H,1-9H2,(H,21,22). The van der Waals surface area contributed by atoms with Gasteiger partial charge in [-0.1, -0.05) is 19.3 Å². The summed E-state index contributed by atoms with van der Waals surface area (Å²) in [7, 11) is 0. The maximum atomic E-state index is 4.92. The molecular formula is C20H24N4S. The number of thiazole rings is 1. The van der Waals surface area contributed by atoms with Gasteiger partial charge in [0.25, 0.3) is 0 Å². The largest absolute Gasteiger partial charge is 0.348 e. The number of nitrogens with zero attached hydrogens (tertiary/aromatic N) is 3. The molecule has 1 saturated carbocycles. The predicted molar refractivity (Wildman–Crippen MR) is 104 cm³/mol. The number of nitrogens with one attached hydrogen (secondary N) is 1. The van der Waals surface area contributed by atoms with Gasteiger partial charge in [0.1, 0.15) is 5.65 Å². The average Bonchev–Trinajstić information content (AvgIpc) is 3.40. The number of aromatic nitrogens is 3. The highest BCUT2D eigenvalue weighted by Crippen LogP contribution is 2.37. The van der Waals surface area contributed by atoms with Gasteiger partial charge in [0.05, 0.1) is 5.69 Å². The van der Waals surface area contributed by atoms with Gasteiger partial charge in [0.15, 0.2) is 5.13 Å². The van der Waals surface area contributed by atoms with Crippen LogP contribution in [0.3, 0.4) is 0 Å². The summed E-state index contributed by atoms with van der Waals surface area (Å²) in [6.07, 6.45) is 13.4. The van der Waals surface area contributed by atoms with E-state index < -0.39 is 0 Å². The molecule has 4 heterocycles. The van der Waals surface area contributed by atoms with Gasteiger partial charge in [-0.3, -0.25) is 0 Å². The van der Waals surface area contributed by atoms with Crippen molar-refractivity contribution in [3.05, 3.63) is 29.4 Å². The van der Waals surface area contributed by atoms with Crippen molar-refractivity contribution in [2.75, 3.05) is 18.0 Å². The first-order valence-electron chi connectivity index (χ1n) is 9.56. The Bertz CT molecular complexity index is 869. The lowest BCUT2D eigenvalue weighted by molar-refractivity contribution is 0.443. The van der Waals surface area contributed by atoms with Crippen LogP contribution in [0.25, 0.3) is 22.3 Å². The van der Waals surface area contributed by atoms with E-state index in [1.807, 2.05) is 0 Å². The average molecular weight is 353 g/mol. The van der Waals surface area contributed by atoms with Crippen molar-refractivity contribution in [1.82, 2.24) is 15.0 Å². The Labute approximate surface area is 152 Å². The molecule has 0 radical (unpaired) electrons. The Hall–Kier alpha value is -1.88. The van der Waals surface area contributed by atoms with Crippen LogP contribution in [0, 0.1) is 0 Å². The Balaban J connectivity index is 1.50. The molecule has 0 aromatic carbocycles. The van der Waals surface area contributed by atoms with Gasteiger partial charge in [-0.25, -0.2) is 9.97 Å². The molecule has 5 heteroatoms. The first-order valence-corrected chi connectivity index (χ1v) is 10.4. The van der Waals surface area contributed by atoms with E-state index in [-0.39, 0.29) is 0 Å². The van der Waals surface area contributed by atoms with Crippen LogP contribution in [-0.4, -0.2) is 28.0 Å². The molecule has 2 fully saturated rings. The second kappa shape index (κ2) is 6.45. The van der Waals surface area contributed by atoms with Gasteiger partial charge < -0.3 is 9.88 Å². The van der Waals surface area contributed by atoms with E-state index in [2.05, 4.69) is 33.7 Å². The van der Waals surface area contributed by atoms with Crippen molar-refractivity contribution in [3.63, 3.8) is 0 Å². The van der Waals surface area contributed by atoms with Crippen molar-refractivity contribution in [2.24, 2.45) is 0 Å². The van der Waals surface area contributed by atoms with Crippen LogP contribution >= 0.6 is 11.3 Å². The van der Waals surface area contributed by atoms with Crippen molar-refractivity contribution < 1.29 is 0 Å². The summed E-state index contributed by atoms with van der Waals surface area (Å²) in [5, 5.41) is 4.59. The molecular weight excluding hydrogens is 328 g/mol. The summed E-state index contributed by atoms with van der Waals surface area (Å²) in [5.41, 5.74) is 4.66. The number of H-pyrrole nitrogens is 1. The van der Waals surface area contributed by atoms with E-state index in [4.69, 9.17) is 9.97 Å². The Kier molecular flexibility index (Phi) is 3.97. The molecule has 1 N–H and O–H groups in total. The third-order valence-electron chi connectivity index (χ3n) is 5.77. The quantitative estimate of drug-likeness (QED) is 0.692. The molecule has 1 saturated heterocycles. The summed E-state index contributed by atoms with van der Waals surface area (Å²) in [5.74, 6) is 0.684. The van der Waals surface area contributed by atoms with E-state index in [0.29, 0.717) is 5.92 Å². The lowest BCUT2D eigenvalue weighted by Gasteiger charge is -2.21. The molecule has 3 aromatic rings. The van der Waals surface area contributed by atoms with Crippen molar-refractivity contribution in [3.8, 4) is 11.3 Å². The molecule has 1 aliphatic heterocycles. The topological polar surface area (TPSA) is 44.8 Å². The highest BCUT2D eigenvalue weighted by atomic mass is 32.1. The number of hydrogen-bond donors (Lipinski definition) is 1. The third kappa shape index (κ3) is 2.84. The molecule has 3 aromatic heterocycles. The van der Waals surface area contributed by atoms with Crippen LogP contribution < -0.4 is 4.90 Å². The van der Waals surface area contributed by atoms with E-state index in [0.717, 1.165) is 24.4 Å². The monoisotopic (exact) mass is 352 g/mol. The zero-order chi connectivity index (χ0) is 16.6. The number of anilines is 1. The van der Waals surface area contributed by atoms with Crippen LogP contribution in [0.1, 0.15) is 56.4 Å². The lowest BCUT2D eigenvalue weighted by atomic mass is 9.84. The molecule has 0 spiro atoms. The Morgan fingerprint density at radius 3 is 2.76 bits per heavy atom. The van der Waals surface area contributed by atoms with Crippen LogP contribution in [0.5, 0.6) is 0 Å². The molecule has 2 aliphatic rings. The summed E-state index contributed by atoms with van der Waals surface area (Å²) in [6.45, 7) is 2.29. The predicted octanol–water partition coefficient (Wildman–Crippen LogP) is 5.33. The zero-order valence-corrected chi connectivity index (χ0v) is 15.3. The molecule has 5 rings (SSSR count). The molecule has 130 valence electrons. The van der Waals surface area contributed by atoms with Gasteiger partial charge in [0.2, 0.25) is 0 Å². The van der Waals surface area contributed by atoms with Crippen LogP contribution in [0.15, 0.2) is 23.8 Å². The maximum Gasteiger partial charge on any atom is 0.185 e. The Morgan fingerprint density at radius 1 is 1.08 bits per heavy atom. The lowest BCUT2D eigenvalue weighted by Crippen LogP contribution is -2.17. The molecule has 4 nitrogen and oxygen atoms in total. The molecule has 0 bridgehead atoms.